The highest BCUT2D eigenvalue weighted by Gasteiger charge is 2.29. The number of hydrogen-bond acceptors (Lipinski definition) is 6. The van der Waals surface area contributed by atoms with Gasteiger partial charge in [0, 0.05) is 12.1 Å². The lowest BCUT2D eigenvalue weighted by molar-refractivity contribution is -0.679. The van der Waals surface area contributed by atoms with Crippen LogP contribution in [-0.2, 0) is 24.9 Å². The van der Waals surface area contributed by atoms with Crippen molar-refractivity contribution < 1.29 is 33.1 Å². The number of methoxy groups -OCH3 is 2. The SMILES string of the molecule is CCCCCCCCCCCCCCOc1ccc(COC(=O)N(Cc2cccc[n+]2C)C(=O)c2ccccc2OC)cc1OC. The largest absolute Gasteiger partial charge is 0.496 e. The van der Waals surface area contributed by atoms with Crippen molar-refractivity contribution in [2.75, 3.05) is 20.8 Å². The predicted octanol–water partition coefficient (Wildman–Crippen LogP) is 8.59. The van der Waals surface area contributed by atoms with Crippen molar-refractivity contribution in [3.05, 3.63) is 83.7 Å². The van der Waals surface area contributed by atoms with Gasteiger partial charge in [-0.3, -0.25) is 4.79 Å². The van der Waals surface area contributed by atoms with E-state index >= 15 is 0 Å². The number of nitrogens with zero attached hydrogens (tertiary/aromatic N) is 2. The number of hydrogen-bond donors (Lipinski definition) is 0. The van der Waals surface area contributed by atoms with Gasteiger partial charge in [0.05, 0.1) is 26.4 Å². The van der Waals surface area contributed by atoms with Crippen LogP contribution in [0.4, 0.5) is 4.79 Å². The number of aryl methyl sites for hydroxylation is 1. The highest BCUT2D eigenvalue weighted by atomic mass is 16.6. The number of carbonyl (C=O) groups is 2. The molecule has 8 heteroatoms. The Balaban J connectivity index is 1.50. The lowest BCUT2D eigenvalue weighted by atomic mass is 10.1. The highest BCUT2D eigenvalue weighted by Crippen LogP contribution is 2.29. The molecule has 2 amide bonds. The average molecular weight is 634 g/mol. The number of ether oxygens (including phenoxy) is 4. The number of benzene rings is 2. The number of pyridine rings is 1. The minimum atomic E-state index is -0.758. The average Bonchev–Trinajstić information content (AvgIpc) is 3.08. The molecule has 0 saturated heterocycles. The minimum absolute atomic E-state index is 0.0300. The standard InChI is InChI=1S/C38H53N2O6/c1-5-6-7-8-9-10-11-12-13-14-15-20-27-45-35-25-24-31(28-36(35)44-4)30-46-38(42)40(29-32-21-18-19-26-39(32)2)37(41)33-22-16-17-23-34(33)43-3/h16-19,21-26,28H,5-15,20,27,29-30H2,1-4H3/q+1. The van der Waals surface area contributed by atoms with Gasteiger partial charge in [-0.25, -0.2) is 14.3 Å². The zero-order chi connectivity index (χ0) is 33.0. The van der Waals surface area contributed by atoms with E-state index in [9.17, 15) is 9.59 Å². The Labute approximate surface area is 275 Å². The molecular formula is C38H53N2O6+. The summed E-state index contributed by atoms with van der Waals surface area (Å²) in [5, 5.41) is 0. The Morgan fingerprint density at radius 2 is 1.35 bits per heavy atom. The van der Waals surface area contributed by atoms with Gasteiger partial charge in [0.2, 0.25) is 5.69 Å². The summed E-state index contributed by atoms with van der Waals surface area (Å²) in [6.45, 7) is 2.88. The molecule has 0 aliphatic carbocycles. The van der Waals surface area contributed by atoms with Crippen molar-refractivity contribution in [2.24, 2.45) is 7.05 Å². The number of unbranched alkanes of at least 4 members (excludes halogenated alkanes) is 11. The molecule has 0 spiro atoms. The zero-order valence-corrected chi connectivity index (χ0v) is 28.3. The second-order valence-corrected chi connectivity index (χ2v) is 11.7. The Hall–Kier alpha value is -4.07. The van der Waals surface area contributed by atoms with E-state index in [1.165, 1.54) is 71.3 Å². The maximum absolute atomic E-state index is 13.6. The fourth-order valence-electron chi connectivity index (χ4n) is 5.34. The van der Waals surface area contributed by atoms with Gasteiger partial charge in [-0.1, -0.05) is 102 Å². The third-order valence-corrected chi connectivity index (χ3v) is 8.13. The van der Waals surface area contributed by atoms with Crippen LogP contribution in [0.25, 0.3) is 0 Å². The van der Waals surface area contributed by atoms with Crippen molar-refractivity contribution >= 4 is 12.0 Å². The second-order valence-electron chi connectivity index (χ2n) is 11.7. The lowest BCUT2D eigenvalue weighted by Gasteiger charge is -2.20. The molecular weight excluding hydrogens is 580 g/mol. The summed E-state index contributed by atoms with van der Waals surface area (Å²) in [7, 11) is 4.95. The fraction of sp³-hybridized carbons (Fsp3) is 0.500. The quantitative estimate of drug-likeness (QED) is 0.0864. The maximum atomic E-state index is 13.6. The maximum Gasteiger partial charge on any atom is 0.417 e. The first-order valence-corrected chi connectivity index (χ1v) is 16.8. The summed E-state index contributed by atoms with van der Waals surface area (Å²) < 4.78 is 24.5. The Bertz CT molecular complexity index is 1340. The third-order valence-electron chi connectivity index (χ3n) is 8.13. The third kappa shape index (κ3) is 12.0. The van der Waals surface area contributed by atoms with Gasteiger partial charge >= 0.3 is 6.09 Å². The van der Waals surface area contributed by atoms with Crippen LogP contribution in [0.15, 0.2) is 66.9 Å². The Morgan fingerprint density at radius 3 is 2.00 bits per heavy atom. The molecule has 3 rings (SSSR count). The number of imide groups is 1. The molecule has 0 bridgehead atoms. The van der Waals surface area contributed by atoms with Crippen molar-refractivity contribution in [1.29, 1.82) is 0 Å². The van der Waals surface area contributed by atoms with Crippen LogP contribution in [0, 0.1) is 0 Å². The Morgan fingerprint density at radius 1 is 0.717 bits per heavy atom. The van der Waals surface area contributed by atoms with Crippen molar-refractivity contribution in [3.8, 4) is 17.2 Å². The number of para-hydroxylation sites is 1. The van der Waals surface area contributed by atoms with Gasteiger partial charge < -0.3 is 18.9 Å². The van der Waals surface area contributed by atoms with E-state index in [0.29, 0.717) is 23.9 Å². The number of amides is 2. The summed E-state index contributed by atoms with van der Waals surface area (Å²) in [6, 6.07) is 17.9. The van der Waals surface area contributed by atoms with Crippen molar-refractivity contribution in [1.82, 2.24) is 4.90 Å². The monoisotopic (exact) mass is 633 g/mol. The predicted molar refractivity (Wildman–Crippen MR) is 180 cm³/mol. The number of aromatic nitrogens is 1. The molecule has 0 saturated carbocycles. The van der Waals surface area contributed by atoms with Crippen LogP contribution in [0.5, 0.6) is 17.2 Å². The van der Waals surface area contributed by atoms with E-state index in [1.54, 1.807) is 37.4 Å². The molecule has 0 aliphatic rings. The van der Waals surface area contributed by atoms with E-state index in [-0.39, 0.29) is 18.7 Å². The fourth-order valence-corrected chi connectivity index (χ4v) is 5.34. The van der Waals surface area contributed by atoms with Crippen LogP contribution >= 0.6 is 0 Å². The van der Waals surface area contributed by atoms with E-state index in [0.717, 1.165) is 29.0 Å². The summed E-state index contributed by atoms with van der Waals surface area (Å²) in [5.41, 5.74) is 1.76. The number of carbonyl (C=O) groups excluding carboxylic acids is 2. The van der Waals surface area contributed by atoms with Gasteiger partial charge in [0.1, 0.15) is 25.9 Å². The molecule has 0 unspecified atom stereocenters. The highest BCUT2D eigenvalue weighted by molar-refractivity contribution is 6.04. The molecule has 3 aromatic rings. The lowest BCUT2D eigenvalue weighted by Crippen LogP contribution is -2.42. The van der Waals surface area contributed by atoms with Crippen molar-refractivity contribution in [3.63, 3.8) is 0 Å². The van der Waals surface area contributed by atoms with Gasteiger partial charge in [-0.2, -0.15) is 0 Å². The van der Waals surface area contributed by atoms with Crippen LogP contribution in [0.1, 0.15) is 106 Å². The van der Waals surface area contributed by atoms with Crippen LogP contribution < -0.4 is 18.8 Å². The second kappa shape index (κ2) is 20.9. The van der Waals surface area contributed by atoms with Crippen LogP contribution in [0.3, 0.4) is 0 Å². The molecule has 46 heavy (non-hydrogen) atoms. The zero-order valence-electron chi connectivity index (χ0n) is 28.3. The summed E-state index contributed by atoms with van der Waals surface area (Å²) >= 11 is 0. The van der Waals surface area contributed by atoms with Gasteiger partial charge in [0.25, 0.3) is 5.91 Å². The smallest absolute Gasteiger partial charge is 0.417 e. The molecule has 2 aromatic carbocycles. The number of rotatable bonds is 21. The molecule has 0 atom stereocenters. The minimum Gasteiger partial charge on any atom is -0.496 e. The summed E-state index contributed by atoms with van der Waals surface area (Å²) in [6.07, 6.45) is 16.7. The molecule has 8 nitrogen and oxygen atoms in total. The van der Waals surface area contributed by atoms with Gasteiger partial charge in [-0.05, 0) is 36.2 Å². The van der Waals surface area contributed by atoms with Crippen LogP contribution in [-0.4, -0.2) is 37.7 Å². The van der Waals surface area contributed by atoms with Crippen LogP contribution in [0.2, 0.25) is 0 Å². The van der Waals surface area contributed by atoms with E-state index in [4.69, 9.17) is 18.9 Å². The Kier molecular flexibility index (Phi) is 16.5. The van der Waals surface area contributed by atoms with E-state index in [1.807, 2.05) is 48.1 Å². The van der Waals surface area contributed by atoms with E-state index in [2.05, 4.69) is 6.92 Å². The molecule has 0 N–H and O–H groups in total. The molecule has 0 radical (unpaired) electrons. The topological polar surface area (TPSA) is 78.2 Å². The molecule has 250 valence electrons. The normalized spacial score (nSPS) is 10.8. The van der Waals surface area contributed by atoms with Gasteiger partial charge in [0.15, 0.2) is 17.7 Å². The first kappa shape index (κ1) is 36.4. The summed E-state index contributed by atoms with van der Waals surface area (Å²) in [5.74, 6) is 1.10. The first-order chi connectivity index (χ1) is 22.5. The first-order valence-electron chi connectivity index (χ1n) is 16.8. The molecule has 0 aliphatic heterocycles. The molecule has 1 heterocycles. The molecule has 1 aromatic heterocycles. The van der Waals surface area contributed by atoms with Crippen molar-refractivity contribution in [2.45, 2.75) is 97.1 Å². The molecule has 0 fully saturated rings. The van der Waals surface area contributed by atoms with Gasteiger partial charge in [-0.15, -0.1) is 0 Å². The van der Waals surface area contributed by atoms with E-state index < -0.39 is 12.0 Å². The summed E-state index contributed by atoms with van der Waals surface area (Å²) in [4.78, 5) is 28.1.